The lowest BCUT2D eigenvalue weighted by Gasteiger charge is -2.24. The van der Waals surface area contributed by atoms with Crippen LogP contribution in [-0.2, 0) is 4.74 Å². The second-order valence-corrected chi connectivity index (χ2v) is 4.43. The summed E-state index contributed by atoms with van der Waals surface area (Å²) in [5, 5.41) is 0.588. The van der Waals surface area contributed by atoms with Gasteiger partial charge in [0.25, 0.3) is 0 Å². The van der Waals surface area contributed by atoms with E-state index in [0.29, 0.717) is 11.6 Å². The molecule has 1 fully saturated rings. The minimum Gasteiger partial charge on any atom is -0.447 e. The first kappa shape index (κ1) is 11.2. The molecule has 0 aromatic carbocycles. The third-order valence-corrected chi connectivity index (χ3v) is 2.78. The number of halogens is 1. The van der Waals surface area contributed by atoms with Crippen molar-refractivity contribution in [3.05, 3.63) is 29.0 Å². The topological polar surface area (TPSA) is 42.4 Å². The zero-order valence-corrected chi connectivity index (χ0v) is 9.94. The average Bonchev–Trinajstić information content (AvgIpc) is 2.61. The molecule has 5 heteroatoms. The highest BCUT2D eigenvalue weighted by atomic mass is 35.5. The molecule has 1 amide bonds. The number of carbonyl (C=O) groups excluding carboxylic acids is 1. The van der Waals surface area contributed by atoms with E-state index in [0.717, 1.165) is 5.69 Å². The van der Waals surface area contributed by atoms with Crippen LogP contribution in [0.1, 0.15) is 25.6 Å². The molecule has 0 aliphatic carbocycles. The van der Waals surface area contributed by atoms with Crippen LogP contribution in [0.25, 0.3) is 0 Å². The highest BCUT2D eigenvalue weighted by Gasteiger charge is 2.36. The second-order valence-electron chi connectivity index (χ2n) is 4.00. The summed E-state index contributed by atoms with van der Waals surface area (Å²) in [7, 11) is 0. The van der Waals surface area contributed by atoms with Gasteiger partial charge in [0, 0.05) is 12.2 Å². The summed E-state index contributed by atoms with van der Waals surface area (Å²) < 4.78 is 5.04. The van der Waals surface area contributed by atoms with E-state index >= 15 is 0 Å². The summed E-state index contributed by atoms with van der Waals surface area (Å²) in [5.74, 6) is 0. The van der Waals surface area contributed by atoms with Gasteiger partial charge in [-0.1, -0.05) is 11.6 Å². The maximum absolute atomic E-state index is 11.5. The number of carbonyl (C=O) groups is 1. The third kappa shape index (κ3) is 1.97. The maximum Gasteiger partial charge on any atom is 0.410 e. The molecule has 0 radical (unpaired) electrons. The summed E-state index contributed by atoms with van der Waals surface area (Å²) in [5.41, 5.74) is 0.809. The van der Waals surface area contributed by atoms with Gasteiger partial charge in [0.2, 0.25) is 0 Å². The number of ether oxygens (including phenoxy) is 1. The summed E-state index contributed by atoms with van der Waals surface area (Å²) in [6.07, 6.45) is 1.30. The molecule has 16 heavy (non-hydrogen) atoms. The maximum atomic E-state index is 11.5. The molecular formula is C11H13ClN2O2. The lowest BCUT2D eigenvalue weighted by atomic mass is 10.1. The van der Waals surface area contributed by atoms with Gasteiger partial charge in [0.15, 0.2) is 0 Å². The molecule has 86 valence electrons. The Bertz CT molecular complexity index is 391. The molecule has 2 rings (SSSR count). The fraction of sp³-hybridized carbons (Fsp3) is 0.455. The fourth-order valence-electron chi connectivity index (χ4n) is 1.82. The zero-order valence-electron chi connectivity index (χ0n) is 9.18. The molecule has 1 aromatic rings. The van der Waals surface area contributed by atoms with Crippen LogP contribution in [0.5, 0.6) is 0 Å². The van der Waals surface area contributed by atoms with Crippen molar-refractivity contribution in [1.82, 2.24) is 9.88 Å². The van der Waals surface area contributed by atoms with Crippen LogP contribution < -0.4 is 0 Å². The Labute approximate surface area is 99.2 Å². The predicted octanol–water partition coefficient (Wildman–Crippen LogP) is 2.64. The van der Waals surface area contributed by atoms with Crippen molar-refractivity contribution in [1.29, 1.82) is 0 Å². The zero-order chi connectivity index (χ0) is 11.7. The van der Waals surface area contributed by atoms with Crippen molar-refractivity contribution in [2.24, 2.45) is 0 Å². The minimum atomic E-state index is -0.281. The normalized spacial score (nSPS) is 20.4. The molecule has 0 N–H and O–H groups in total. The number of cyclic esters (lactones) is 1. The van der Waals surface area contributed by atoms with Crippen LogP contribution in [-0.4, -0.2) is 28.6 Å². The Morgan fingerprint density at radius 1 is 1.56 bits per heavy atom. The molecule has 0 saturated carbocycles. The monoisotopic (exact) mass is 240 g/mol. The van der Waals surface area contributed by atoms with Crippen LogP contribution in [0, 0.1) is 0 Å². The third-order valence-electron chi connectivity index (χ3n) is 2.56. The lowest BCUT2D eigenvalue weighted by Crippen LogP contribution is -2.34. The van der Waals surface area contributed by atoms with Gasteiger partial charge in [-0.15, -0.1) is 0 Å². The highest BCUT2D eigenvalue weighted by molar-refractivity contribution is 6.30. The first-order chi connectivity index (χ1) is 7.59. The van der Waals surface area contributed by atoms with Gasteiger partial charge >= 0.3 is 6.09 Å². The summed E-state index contributed by atoms with van der Waals surface area (Å²) in [4.78, 5) is 17.4. The number of amides is 1. The predicted molar refractivity (Wildman–Crippen MR) is 60.3 cm³/mol. The number of aromatic nitrogens is 1. The Kier molecular flexibility index (Phi) is 3.01. The van der Waals surface area contributed by atoms with E-state index in [2.05, 4.69) is 4.98 Å². The van der Waals surface area contributed by atoms with Crippen LogP contribution in [0.2, 0.25) is 5.02 Å². The van der Waals surface area contributed by atoms with Gasteiger partial charge < -0.3 is 4.74 Å². The smallest absolute Gasteiger partial charge is 0.410 e. The van der Waals surface area contributed by atoms with Crippen molar-refractivity contribution >= 4 is 17.7 Å². The first-order valence-corrected chi connectivity index (χ1v) is 5.54. The van der Waals surface area contributed by atoms with Gasteiger partial charge in [-0.05, 0) is 26.0 Å². The van der Waals surface area contributed by atoms with Gasteiger partial charge in [-0.2, -0.15) is 0 Å². The van der Waals surface area contributed by atoms with Gasteiger partial charge in [0.1, 0.15) is 12.6 Å². The van der Waals surface area contributed by atoms with Gasteiger partial charge in [-0.3, -0.25) is 9.88 Å². The number of pyridine rings is 1. The molecule has 1 aliphatic rings. The van der Waals surface area contributed by atoms with Gasteiger partial charge in [-0.25, -0.2) is 4.79 Å². The van der Waals surface area contributed by atoms with Crippen LogP contribution in [0.3, 0.4) is 0 Å². The van der Waals surface area contributed by atoms with E-state index < -0.39 is 0 Å². The molecule has 1 aromatic heterocycles. The summed E-state index contributed by atoms with van der Waals surface area (Å²) >= 11 is 5.77. The van der Waals surface area contributed by atoms with Crippen LogP contribution in [0.15, 0.2) is 18.3 Å². The first-order valence-electron chi connectivity index (χ1n) is 5.16. The SMILES string of the molecule is CC(C)N1C(=O)OCC1c1ccc(Cl)cn1. The van der Waals surface area contributed by atoms with Gasteiger partial charge in [0.05, 0.1) is 10.7 Å². The molecule has 4 nitrogen and oxygen atoms in total. The summed E-state index contributed by atoms with van der Waals surface area (Å²) in [6.45, 7) is 4.26. The standard InChI is InChI=1S/C11H13ClN2O2/c1-7(2)14-10(6-16-11(14)15)9-4-3-8(12)5-13-9/h3-5,7,10H,6H2,1-2H3. The van der Waals surface area contributed by atoms with Crippen LogP contribution in [0.4, 0.5) is 4.79 Å². The van der Waals surface area contributed by atoms with Crippen LogP contribution >= 0.6 is 11.6 Å². The van der Waals surface area contributed by atoms with Crippen molar-refractivity contribution in [3.8, 4) is 0 Å². The average molecular weight is 241 g/mol. The second kappa shape index (κ2) is 4.29. The molecule has 0 bridgehead atoms. The largest absolute Gasteiger partial charge is 0.447 e. The number of hydrogen-bond donors (Lipinski definition) is 0. The Morgan fingerprint density at radius 3 is 2.88 bits per heavy atom. The molecule has 1 unspecified atom stereocenters. The highest BCUT2D eigenvalue weighted by Crippen LogP contribution is 2.28. The van der Waals surface area contributed by atoms with E-state index in [9.17, 15) is 4.79 Å². The Morgan fingerprint density at radius 2 is 2.31 bits per heavy atom. The lowest BCUT2D eigenvalue weighted by molar-refractivity contribution is 0.149. The minimum absolute atomic E-state index is 0.0949. The molecule has 1 atom stereocenters. The number of rotatable bonds is 2. The summed E-state index contributed by atoms with van der Waals surface area (Å²) in [6, 6.07) is 3.58. The molecule has 2 heterocycles. The molecule has 1 aliphatic heterocycles. The van der Waals surface area contributed by atoms with Crippen molar-refractivity contribution < 1.29 is 9.53 Å². The fourth-order valence-corrected chi connectivity index (χ4v) is 1.93. The Hall–Kier alpha value is -1.29. The van der Waals surface area contributed by atoms with Crippen molar-refractivity contribution in [2.45, 2.75) is 25.9 Å². The quantitative estimate of drug-likeness (QED) is 0.798. The van der Waals surface area contributed by atoms with E-state index in [-0.39, 0.29) is 18.2 Å². The molecular weight excluding hydrogens is 228 g/mol. The number of hydrogen-bond acceptors (Lipinski definition) is 3. The van der Waals surface area contributed by atoms with E-state index in [1.54, 1.807) is 17.2 Å². The molecule has 1 saturated heterocycles. The van der Waals surface area contributed by atoms with Crippen molar-refractivity contribution in [3.63, 3.8) is 0 Å². The molecule has 0 spiro atoms. The number of nitrogens with zero attached hydrogens (tertiary/aromatic N) is 2. The van der Waals surface area contributed by atoms with E-state index in [1.165, 1.54) is 0 Å². The Balaban J connectivity index is 2.26. The van der Waals surface area contributed by atoms with E-state index in [4.69, 9.17) is 16.3 Å². The van der Waals surface area contributed by atoms with E-state index in [1.807, 2.05) is 19.9 Å². The van der Waals surface area contributed by atoms with Crippen molar-refractivity contribution in [2.75, 3.05) is 6.61 Å².